The summed E-state index contributed by atoms with van der Waals surface area (Å²) in [5.74, 6) is 1.17. The Morgan fingerprint density at radius 2 is 1.83 bits per heavy atom. The van der Waals surface area contributed by atoms with Gasteiger partial charge in [-0.05, 0) is 55.7 Å². The van der Waals surface area contributed by atoms with Gasteiger partial charge in [-0.1, -0.05) is 19.9 Å². The zero-order valence-corrected chi connectivity index (χ0v) is 18.6. The van der Waals surface area contributed by atoms with Crippen LogP contribution in [0.15, 0.2) is 18.2 Å². The number of carbonyl (C=O) groups is 2. The molecule has 1 N–H and O–H groups in total. The number of ether oxygens (including phenoxy) is 2. The van der Waals surface area contributed by atoms with E-state index in [4.69, 9.17) is 21.1 Å². The molecular formula is C22H33ClN2O4. The Morgan fingerprint density at radius 1 is 1.17 bits per heavy atom. The Kier molecular flexibility index (Phi) is 9.08. The maximum absolute atomic E-state index is 13.4. The van der Waals surface area contributed by atoms with Gasteiger partial charge in [0.1, 0.15) is 11.9 Å². The van der Waals surface area contributed by atoms with E-state index in [2.05, 4.69) is 12.2 Å². The van der Waals surface area contributed by atoms with E-state index in [9.17, 15) is 9.59 Å². The van der Waals surface area contributed by atoms with Crippen molar-refractivity contribution < 1.29 is 19.1 Å². The fourth-order valence-electron chi connectivity index (χ4n) is 3.90. The molecular weight excluding hydrogens is 392 g/mol. The van der Waals surface area contributed by atoms with Crippen LogP contribution in [-0.4, -0.2) is 49.4 Å². The zero-order valence-electron chi connectivity index (χ0n) is 17.9. The molecule has 162 valence electrons. The second kappa shape index (κ2) is 11.3. The molecule has 1 saturated carbocycles. The van der Waals surface area contributed by atoms with Gasteiger partial charge >= 0.3 is 0 Å². The van der Waals surface area contributed by atoms with Crippen LogP contribution < -0.4 is 14.8 Å². The number of carbonyl (C=O) groups excluding carboxylic acids is 2. The molecule has 6 nitrogen and oxygen atoms in total. The summed E-state index contributed by atoms with van der Waals surface area (Å²) in [6.45, 7) is 4.66. The lowest BCUT2D eigenvalue weighted by Crippen LogP contribution is -2.48. The number of hydrogen-bond donors (Lipinski definition) is 1. The smallest absolute Gasteiger partial charge is 0.247 e. The summed E-state index contributed by atoms with van der Waals surface area (Å²) < 4.78 is 10.7. The summed E-state index contributed by atoms with van der Waals surface area (Å²) in [5.41, 5.74) is 0.677. The van der Waals surface area contributed by atoms with Crippen molar-refractivity contribution in [1.29, 1.82) is 0 Å². The molecule has 0 aromatic heterocycles. The molecule has 0 aliphatic heterocycles. The average molecular weight is 425 g/mol. The molecule has 2 amide bonds. The lowest BCUT2D eigenvalue weighted by Gasteiger charge is -2.34. The predicted molar refractivity (Wildman–Crippen MR) is 115 cm³/mol. The van der Waals surface area contributed by atoms with E-state index < -0.39 is 6.04 Å². The van der Waals surface area contributed by atoms with E-state index in [-0.39, 0.29) is 23.7 Å². The van der Waals surface area contributed by atoms with Gasteiger partial charge in [0, 0.05) is 12.6 Å². The van der Waals surface area contributed by atoms with E-state index in [0.717, 1.165) is 32.1 Å². The quantitative estimate of drug-likeness (QED) is 0.610. The lowest BCUT2D eigenvalue weighted by molar-refractivity contribution is -0.139. The third-order valence-electron chi connectivity index (χ3n) is 5.54. The number of amides is 2. The first-order valence-corrected chi connectivity index (χ1v) is 10.9. The number of halogens is 1. The van der Waals surface area contributed by atoms with Gasteiger partial charge in [0.15, 0.2) is 11.5 Å². The molecule has 1 unspecified atom stereocenters. The molecule has 1 aromatic rings. The fourth-order valence-corrected chi connectivity index (χ4v) is 4.05. The minimum atomic E-state index is -0.764. The number of rotatable bonds is 9. The van der Waals surface area contributed by atoms with Gasteiger partial charge in [0.05, 0.1) is 14.2 Å². The standard InChI is InChI=1S/C22H33ClN2O4/c1-5-12-25(20(26)14-23)21(16-8-11-18(28-3)19(13-16)29-4)22(27)24-17-9-6-15(2)7-10-17/h8,11,13,15,17,21H,5-7,9-10,12,14H2,1-4H3,(H,24,27). The number of nitrogens with zero attached hydrogens (tertiary/aromatic N) is 1. The average Bonchev–Trinajstić information content (AvgIpc) is 2.74. The highest BCUT2D eigenvalue weighted by Gasteiger charge is 2.33. The largest absolute Gasteiger partial charge is 0.493 e. The molecule has 0 bridgehead atoms. The van der Waals surface area contributed by atoms with Crippen LogP contribution in [0.25, 0.3) is 0 Å². The summed E-state index contributed by atoms with van der Waals surface area (Å²) in [6.07, 6.45) is 4.85. The number of nitrogens with one attached hydrogen (secondary N) is 1. The van der Waals surface area contributed by atoms with Crippen LogP contribution in [0.3, 0.4) is 0 Å². The van der Waals surface area contributed by atoms with Gasteiger partial charge < -0.3 is 19.7 Å². The molecule has 7 heteroatoms. The van der Waals surface area contributed by atoms with Crippen LogP contribution in [0.5, 0.6) is 11.5 Å². The van der Waals surface area contributed by atoms with Gasteiger partial charge in [-0.15, -0.1) is 11.6 Å². The maximum atomic E-state index is 13.4. The van der Waals surface area contributed by atoms with Crippen molar-refractivity contribution >= 4 is 23.4 Å². The van der Waals surface area contributed by atoms with E-state index >= 15 is 0 Å². The maximum Gasteiger partial charge on any atom is 0.247 e. The Balaban J connectivity index is 2.36. The van der Waals surface area contributed by atoms with Gasteiger partial charge in [-0.3, -0.25) is 9.59 Å². The molecule has 1 atom stereocenters. The molecule has 0 saturated heterocycles. The third-order valence-corrected chi connectivity index (χ3v) is 5.77. The summed E-state index contributed by atoms with van der Waals surface area (Å²) >= 11 is 5.87. The Bertz CT molecular complexity index is 689. The van der Waals surface area contributed by atoms with E-state index in [1.807, 2.05) is 6.92 Å². The van der Waals surface area contributed by atoms with Gasteiger partial charge in [-0.25, -0.2) is 0 Å². The van der Waals surface area contributed by atoms with E-state index in [0.29, 0.717) is 29.5 Å². The van der Waals surface area contributed by atoms with Crippen LogP contribution in [-0.2, 0) is 9.59 Å². The van der Waals surface area contributed by atoms with Crippen molar-refractivity contribution in [1.82, 2.24) is 10.2 Å². The second-order valence-electron chi connectivity index (χ2n) is 7.70. The van der Waals surface area contributed by atoms with Crippen LogP contribution in [0.4, 0.5) is 0 Å². The third kappa shape index (κ3) is 6.01. The Labute approximate surface area is 178 Å². The number of benzene rings is 1. The minimum Gasteiger partial charge on any atom is -0.493 e. The summed E-state index contributed by atoms with van der Waals surface area (Å²) in [5, 5.41) is 3.17. The fraction of sp³-hybridized carbons (Fsp3) is 0.636. The van der Waals surface area contributed by atoms with Crippen molar-refractivity contribution in [2.24, 2.45) is 5.92 Å². The van der Waals surface area contributed by atoms with Crippen molar-refractivity contribution in [2.75, 3.05) is 26.6 Å². The van der Waals surface area contributed by atoms with Crippen LogP contribution >= 0.6 is 11.6 Å². The second-order valence-corrected chi connectivity index (χ2v) is 7.97. The Morgan fingerprint density at radius 3 is 2.38 bits per heavy atom. The molecule has 0 spiro atoms. The molecule has 1 aliphatic carbocycles. The van der Waals surface area contributed by atoms with E-state index in [1.54, 1.807) is 37.3 Å². The first-order chi connectivity index (χ1) is 13.9. The highest BCUT2D eigenvalue weighted by atomic mass is 35.5. The molecule has 2 rings (SSSR count). The Hall–Kier alpha value is -1.95. The van der Waals surface area contributed by atoms with Gasteiger partial charge in [0.25, 0.3) is 0 Å². The molecule has 0 radical (unpaired) electrons. The van der Waals surface area contributed by atoms with Crippen molar-refractivity contribution in [2.45, 2.75) is 58.0 Å². The molecule has 29 heavy (non-hydrogen) atoms. The van der Waals surface area contributed by atoms with Crippen molar-refractivity contribution in [3.63, 3.8) is 0 Å². The number of alkyl halides is 1. The van der Waals surface area contributed by atoms with Crippen LogP contribution in [0.2, 0.25) is 0 Å². The number of methoxy groups -OCH3 is 2. The summed E-state index contributed by atoms with van der Waals surface area (Å²) in [4.78, 5) is 27.5. The first-order valence-electron chi connectivity index (χ1n) is 10.3. The zero-order chi connectivity index (χ0) is 21.4. The molecule has 1 aliphatic rings. The van der Waals surface area contributed by atoms with E-state index in [1.165, 1.54) is 0 Å². The van der Waals surface area contributed by atoms with Gasteiger partial charge in [-0.2, -0.15) is 0 Å². The highest BCUT2D eigenvalue weighted by molar-refractivity contribution is 6.27. The van der Waals surface area contributed by atoms with Crippen molar-refractivity contribution in [3.05, 3.63) is 23.8 Å². The van der Waals surface area contributed by atoms with Crippen molar-refractivity contribution in [3.8, 4) is 11.5 Å². The minimum absolute atomic E-state index is 0.135. The van der Waals surface area contributed by atoms with Gasteiger partial charge in [0.2, 0.25) is 11.8 Å². The van der Waals surface area contributed by atoms with Crippen LogP contribution in [0, 0.1) is 5.92 Å². The first kappa shape index (κ1) is 23.3. The number of hydrogen-bond acceptors (Lipinski definition) is 4. The predicted octanol–water partition coefficient (Wildman–Crippen LogP) is 3.92. The highest BCUT2D eigenvalue weighted by Crippen LogP contribution is 2.33. The topological polar surface area (TPSA) is 67.9 Å². The summed E-state index contributed by atoms with van der Waals surface area (Å²) in [7, 11) is 3.11. The normalized spacial score (nSPS) is 19.9. The monoisotopic (exact) mass is 424 g/mol. The summed E-state index contributed by atoms with van der Waals surface area (Å²) in [6, 6.07) is 4.69. The lowest BCUT2D eigenvalue weighted by atomic mass is 9.87. The molecule has 0 heterocycles. The van der Waals surface area contributed by atoms with Crippen LogP contribution in [0.1, 0.15) is 57.6 Å². The molecule has 1 aromatic carbocycles. The molecule has 1 fully saturated rings. The SMILES string of the molecule is CCCN(C(=O)CCl)C(C(=O)NC1CCC(C)CC1)c1ccc(OC)c(OC)c1.